The first-order chi connectivity index (χ1) is 10.1. The fourth-order valence-corrected chi connectivity index (χ4v) is 4.19. The summed E-state index contributed by atoms with van der Waals surface area (Å²) < 4.78 is 0. The van der Waals surface area contributed by atoms with Crippen LogP contribution in [0.25, 0.3) is 0 Å². The molecule has 2 saturated heterocycles. The molecule has 3 aliphatic rings. The Morgan fingerprint density at radius 3 is 2.00 bits per heavy atom. The normalized spacial score (nSPS) is 35.2. The second-order valence-electron chi connectivity index (χ2n) is 7.56. The van der Waals surface area contributed by atoms with Gasteiger partial charge in [-0.2, -0.15) is 0 Å². The summed E-state index contributed by atoms with van der Waals surface area (Å²) in [4.78, 5) is 19.3. The van der Waals surface area contributed by atoms with Crippen molar-refractivity contribution in [2.45, 2.75) is 52.0 Å². The maximum Gasteiger partial charge on any atom is 0.320 e. The highest BCUT2D eigenvalue weighted by atomic mass is 16.2. The molecule has 1 atom stereocenters. The number of likely N-dealkylation sites (tertiary alicyclic amines) is 1. The van der Waals surface area contributed by atoms with Gasteiger partial charge >= 0.3 is 6.03 Å². The lowest BCUT2D eigenvalue weighted by Gasteiger charge is -2.42. The van der Waals surface area contributed by atoms with Gasteiger partial charge in [-0.15, -0.1) is 0 Å². The highest BCUT2D eigenvalue weighted by Gasteiger charge is 2.31. The Labute approximate surface area is 129 Å². The van der Waals surface area contributed by atoms with Crippen LogP contribution in [-0.2, 0) is 0 Å². The molecule has 0 spiro atoms. The van der Waals surface area contributed by atoms with E-state index in [9.17, 15) is 4.79 Å². The zero-order chi connectivity index (χ0) is 14.8. The number of carbonyl (C=O) groups excluding carboxylic acids is 1. The minimum atomic E-state index is 0.288. The minimum absolute atomic E-state index is 0.288. The molecule has 0 unspecified atom stereocenters. The molecular weight excluding hydrogens is 262 g/mol. The Balaban J connectivity index is 1.45. The quantitative estimate of drug-likeness (QED) is 0.743. The molecule has 0 aromatic rings. The van der Waals surface area contributed by atoms with E-state index in [-0.39, 0.29) is 6.03 Å². The number of hydrogen-bond donors (Lipinski definition) is 0. The second kappa shape index (κ2) is 6.55. The Bertz CT molecular complexity index is 357. The summed E-state index contributed by atoms with van der Waals surface area (Å²) in [5.41, 5.74) is 0. The predicted molar refractivity (Wildman–Crippen MR) is 85.3 cm³/mol. The van der Waals surface area contributed by atoms with Gasteiger partial charge in [0.25, 0.3) is 0 Å². The van der Waals surface area contributed by atoms with Gasteiger partial charge in [0, 0.05) is 45.3 Å². The van der Waals surface area contributed by atoms with Crippen molar-refractivity contribution in [2.24, 2.45) is 11.8 Å². The summed E-state index contributed by atoms with van der Waals surface area (Å²) in [5, 5.41) is 0. The molecule has 0 aromatic heterocycles. The largest absolute Gasteiger partial charge is 0.324 e. The van der Waals surface area contributed by atoms with E-state index < -0.39 is 0 Å². The Kier molecular flexibility index (Phi) is 4.72. The lowest BCUT2D eigenvalue weighted by molar-refractivity contribution is 0.0743. The zero-order valence-corrected chi connectivity index (χ0v) is 13.8. The third-order valence-corrected chi connectivity index (χ3v) is 5.78. The number of piperazine rings is 1. The van der Waals surface area contributed by atoms with Crippen LogP contribution in [0.5, 0.6) is 0 Å². The van der Waals surface area contributed by atoms with Gasteiger partial charge in [-0.3, -0.25) is 4.90 Å². The molecule has 2 amide bonds. The average molecular weight is 293 g/mol. The van der Waals surface area contributed by atoms with Gasteiger partial charge in [-0.25, -0.2) is 4.79 Å². The number of amides is 2. The van der Waals surface area contributed by atoms with Crippen LogP contribution in [-0.4, -0.2) is 66.0 Å². The van der Waals surface area contributed by atoms with E-state index in [0.717, 1.165) is 51.2 Å². The van der Waals surface area contributed by atoms with Crippen LogP contribution >= 0.6 is 0 Å². The van der Waals surface area contributed by atoms with Gasteiger partial charge in [0.1, 0.15) is 0 Å². The number of nitrogens with zero attached hydrogens (tertiary/aromatic N) is 3. The van der Waals surface area contributed by atoms with Crippen molar-refractivity contribution in [3.8, 4) is 0 Å². The number of rotatable bonds is 1. The fraction of sp³-hybridized carbons (Fsp3) is 0.941. The zero-order valence-electron chi connectivity index (χ0n) is 13.8. The molecule has 0 aromatic carbocycles. The highest BCUT2D eigenvalue weighted by Crippen LogP contribution is 2.28. The van der Waals surface area contributed by atoms with Crippen LogP contribution in [0.2, 0.25) is 0 Å². The first-order valence-electron chi connectivity index (χ1n) is 8.91. The predicted octanol–water partition coefficient (Wildman–Crippen LogP) is 2.64. The molecule has 4 heteroatoms. The summed E-state index contributed by atoms with van der Waals surface area (Å²) >= 11 is 0. The molecule has 120 valence electrons. The van der Waals surface area contributed by atoms with Crippen LogP contribution in [0.15, 0.2) is 0 Å². The standard InChI is InChI=1S/C17H31N3O/c1-14-3-5-16(6-4-14)18-9-11-19(12-10-18)17(21)20-8-7-15(2)13-20/h14-16H,3-13H2,1-2H3/t14?,15-,16?/m0/s1. The molecule has 3 rings (SSSR count). The molecule has 1 aliphatic carbocycles. The number of carbonyl (C=O) groups is 1. The summed E-state index contributed by atoms with van der Waals surface area (Å²) in [6, 6.07) is 1.07. The molecule has 0 radical (unpaired) electrons. The van der Waals surface area contributed by atoms with Crippen molar-refractivity contribution in [1.82, 2.24) is 14.7 Å². The summed E-state index contributed by atoms with van der Waals surface area (Å²) in [6.07, 6.45) is 6.66. The van der Waals surface area contributed by atoms with E-state index in [1.165, 1.54) is 32.1 Å². The molecule has 2 aliphatic heterocycles. The van der Waals surface area contributed by atoms with Crippen LogP contribution in [0, 0.1) is 11.8 Å². The van der Waals surface area contributed by atoms with E-state index in [0.29, 0.717) is 5.92 Å². The lowest BCUT2D eigenvalue weighted by atomic mass is 9.86. The maximum atomic E-state index is 12.5. The molecule has 3 fully saturated rings. The van der Waals surface area contributed by atoms with E-state index >= 15 is 0 Å². The van der Waals surface area contributed by atoms with Crippen LogP contribution < -0.4 is 0 Å². The van der Waals surface area contributed by atoms with Gasteiger partial charge in [0.2, 0.25) is 0 Å². The molecule has 21 heavy (non-hydrogen) atoms. The summed E-state index contributed by atoms with van der Waals surface area (Å²) in [7, 11) is 0. The van der Waals surface area contributed by atoms with Gasteiger partial charge in [-0.05, 0) is 43.9 Å². The Hall–Kier alpha value is -0.770. The number of hydrogen-bond acceptors (Lipinski definition) is 2. The first kappa shape index (κ1) is 15.1. The monoisotopic (exact) mass is 293 g/mol. The van der Waals surface area contributed by atoms with Crippen molar-refractivity contribution in [3.05, 3.63) is 0 Å². The van der Waals surface area contributed by atoms with Crippen molar-refractivity contribution in [3.63, 3.8) is 0 Å². The Morgan fingerprint density at radius 1 is 0.762 bits per heavy atom. The van der Waals surface area contributed by atoms with Gasteiger partial charge in [0.15, 0.2) is 0 Å². The molecule has 1 saturated carbocycles. The van der Waals surface area contributed by atoms with Crippen molar-refractivity contribution >= 4 is 6.03 Å². The number of urea groups is 1. The lowest BCUT2D eigenvalue weighted by Crippen LogP contribution is -2.55. The van der Waals surface area contributed by atoms with E-state index in [1.54, 1.807) is 0 Å². The third kappa shape index (κ3) is 3.53. The van der Waals surface area contributed by atoms with Crippen LogP contribution in [0.3, 0.4) is 0 Å². The molecule has 4 nitrogen and oxygen atoms in total. The van der Waals surface area contributed by atoms with Crippen molar-refractivity contribution in [2.75, 3.05) is 39.3 Å². The van der Waals surface area contributed by atoms with Crippen molar-refractivity contribution < 1.29 is 4.79 Å². The molecular formula is C17H31N3O. The first-order valence-corrected chi connectivity index (χ1v) is 8.91. The topological polar surface area (TPSA) is 26.8 Å². The summed E-state index contributed by atoms with van der Waals surface area (Å²) in [5.74, 6) is 1.60. The van der Waals surface area contributed by atoms with Crippen LogP contribution in [0.4, 0.5) is 4.79 Å². The third-order valence-electron chi connectivity index (χ3n) is 5.78. The summed E-state index contributed by atoms with van der Waals surface area (Å²) in [6.45, 7) is 10.5. The van der Waals surface area contributed by atoms with Gasteiger partial charge < -0.3 is 9.80 Å². The Morgan fingerprint density at radius 2 is 1.43 bits per heavy atom. The van der Waals surface area contributed by atoms with Gasteiger partial charge in [0.05, 0.1) is 0 Å². The van der Waals surface area contributed by atoms with E-state index in [1.807, 2.05) is 0 Å². The second-order valence-corrected chi connectivity index (χ2v) is 7.56. The average Bonchev–Trinajstić information content (AvgIpc) is 2.94. The molecule has 0 N–H and O–H groups in total. The van der Waals surface area contributed by atoms with E-state index in [2.05, 4.69) is 28.5 Å². The van der Waals surface area contributed by atoms with Gasteiger partial charge in [-0.1, -0.05) is 13.8 Å². The minimum Gasteiger partial charge on any atom is -0.324 e. The van der Waals surface area contributed by atoms with E-state index in [4.69, 9.17) is 0 Å². The molecule has 2 heterocycles. The van der Waals surface area contributed by atoms with Crippen LogP contribution in [0.1, 0.15) is 46.0 Å². The molecule has 0 bridgehead atoms. The SMILES string of the molecule is CC1CCC(N2CCN(C(=O)N3CC[C@H](C)C3)CC2)CC1. The fourth-order valence-electron chi connectivity index (χ4n) is 4.19. The highest BCUT2D eigenvalue weighted by molar-refractivity contribution is 5.74. The maximum absolute atomic E-state index is 12.5. The smallest absolute Gasteiger partial charge is 0.320 e. The van der Waals surface area contributed by atoms with Crippen molar-refractivity contribution in [1.29, 1.82) is 0 Å².